The molecule has 3 heteroatoms. The van der Waals surface area contributed by atoms with Gasteiger partial charge in [-0.1, -0.05) is 58.0 Å². The smallest absolute Gasteiger partial charge is 0.216 e. The molecule has 0 heterocycles. The van der Waals surface area contributed by atoms with Crippen LogP contribution < -0.4 is 10.1 Å². The number of benzene rings is 2. The third-order valence-corrected chi connectivity index (χ3v) is 6.70. The first-order chi connectivity index (χ1) is 14.8. The molecule has 0 atom stereocenters. The second-order valence-electron chi connectivity index (χ2n) is 10.1. The summed E-state index contributed by atoms with van der Waals surface area (Å²) in [4.78, 5) is 11.3. The summed E-state index contributed by atoms with van der Waals surface area (Å²) in [5, 5.41) is 2.92. The van der Waals surface area contributed by atoms with Crippen LogP contribution in [-0.2, 0) is 17.6 Å². The Hall–Kier alpha value is -2.29. The topological polar surface area (TPSA) is 38.3 Å². The van der Waals surface area contributed by atoms with E-state index in [-0.39, 0.29) is 5.91 Å². The van der Waals surface area contributed by atoms with Crippen LogP contribution in [0.25, 0.3) is 11.1 Å². The Morgan fingerprint density at radius 3 is 2.45 bits per heavy atom. The summed E-state index contributed by atoms with van der Waals surface area (Å²) in [7, 11) is 0. The van der Waals surface area contributed by atoms with Gasteiger partial charge in [-0.3, -0.25) is 4.79 Å². The van der Waals surface area contributed by atoms with E-state index in [0.29, 0.717) is 18.1 Å². The van der Waals surface area contributed by atoms with Gasteiger partial charge in [0.1, 0.15) is 5.75 Å². The summed E-state index contributed by atoms with van der Waals surface area (Å²) < 4.78 is 6.46. The average Bonchev–Trinajstić information content (AvgIpc) is 2.74. The number of carbonyl (C=O) groups excluding carboxylic acids is 1. The number of hydrogen-bond acceptors (Lipinski definition) is 2. The van der Waals surface area contributed by atoms with Gasteiger partial charge in [0.15, 0.2) is 0 Å². The summed E-state index contributed by atoms with van der Waals surface area (Å²) in [6.07, 6.45) is 6.88. The summed E-state index contributed by atoms with van der Waals surface area (Å²) in [6.45, 7) is 11.5. The van der Waals surface area contributed by atoms with Crippen molar-refractivity contribution >= 4 is 5.91 Å². The molecular formula is C28H39NO2. The largest absolute Gasteiger partial charge is 0.490 e. The van der Waals surface area contributed by atoms with Crippen LogP contribution in [0.1, 0.15) is 71.4 Å². The van der Waals surface area contributed by atoms with Crippen molar-refractivity contribution in [2.45, 2.75) is 79.2 Å². The second-order valence-corrected chi connectivity index (χ2v) is 10.1. The van der Waals surface area contributed by atoms with Gasteiger partial charge in [0, 0.05) is 13.5 Å². The Kier molecular flexibility index (Phi) is 7.80. The maximum absolute atomic E-state index is 11.3. The van der Waals surface area contributed by atoms with Gasteiger partial charge < -0.3 is 10.1 Å². The van der Waals surface area contributed by atoms with Gasteiger partial charge in [-0.25, -0.2) is 0 Å². The third kappa shape index (κ3) is 6.59. The highest BCUT2D eigenvalue weighted by Crippen LogP contribution is 2.39. The molecule has 1 aliphatic carbocycles. The summed E-state index contributed by atoms with van der Waals surface area (Å²) in [5.74, 6) is 1.76. The van der Waals surface area contributed by atoms with Crippen LogP contribution in [0.5, 0.6) is 5.75 Å². The molecule has 0 spiro atoms. The predicted octanol–water partition coefficient (Wildman–Crippen LogP) is 6.58. The predicted molar refractivity (Wildman–Crippen MR) is 129 cm³/mol. The summed E-state index contributed by atoms with van der Waals surface area (Å²) in [5.41, 5.74) is 5.39. The Balaban J connectivity index is 1.78. The molecule has 3 nitrogen and oxygen atoms in total. The molecule has 2 aromatic rings. The molecule has 2 aromatic carbocycles. The fourth-order valence-electron chi connectivity index (χ4n) is 4.69. The van der Waals surface area contributed by atoms with Gasteiger partial charge in [-0.2, -0.15) is 0 Å². The number of ether oxygens (including phenoxy) is 1. The zero-order valence-corrected chi connectivity index (χ0v) is 20.0. The average molecular weight is 422 g/mol. The molecule has 1 N–H and O–H groups in total. The molecule has 1 amide bonds. The summed E-state index contributed by atoms with van der Waals surface area (Å²) >= 11 is 0. The lowest BCUT2D eigenvalue weighted by atomic mass is 9.72. The zero-order chi connectivity index (χ0) is 22.4. The molecule has 3 rings (SSSR count). The Morgan fingerprint density at radius 2 is 1.81 bits per heavy atom. The van der Waals surface area contributed by atoms with Crippen molar-refractivity contribution in [2.24, 2.45) is 11.3 Å². The van der Waals surface area contributed by atoms with Gasteiger partial charge in [-0.05, 0) is 84.2 Å². The molecule has 31 heavy (non-hydrogen) atoms. The fourth-order valence-corrected chi connectivity index (χ4v) is 4.69. The standard InChI is InChI=1S/C28H39NO2/c1-6-21-8-7-9-23(18-21)27-19-26(13-10-22(27)16-17-29-20(2)30)31-25-14-11-24(12-15-25)28(3,4)5/h7-10,13,18-19,24-25H,6,11-12,14-17H2,1-5H3,(H,29,30). The van der Waals surface area contributed by atoms with Crippen molar-refractivity contribution < 1.29 is 9.53 Å². The van der Waals surface area contributed by atoms with E-state index in [2.05, 4.69) is 75.5 Å². The number of nitrogens with one attached hydrogen (secondary N) is 1. The molecule has 1 fully saturated rings. The van der Waals surface area contributed by atoms with Crippen molar-refractivity contribution in [3.63, 3.8) is 0 Å². The van der Waals surface area contributed by atoms with Gasteiger partial charge in [-0.15, -0.1) is 0 Å². The molecule has 0 radical (unpaired) electrons. The normalized spacial score (nSPS) is 19.1. The highest BCUT2D eigenvalue weighted by atomic mass is 16.5. The quantitative estimate of drug-likeness (QED) is 0.548. The van der Waals surface area contributed by atoms with E-state index in [0.717, 1.165) is 37.4 Å². The van der Waals surface area contributed by atoms with E-state index >= 15 is 0 Å². The molecule has 0 unspecified atom stereocenters. The Morgan fingerprint density at radius 1 is 1.06 bits per heavy atom. The van der Waals surface area contributed by atoms with Crippen molar-refractivity contribution in [2.75, 3.05) is 6.54 Å². The minimum atomic E-state index is 0.0142. The van der Waals surface area contributed by atoms with E-state index in [4.69, 9.17) is 4.74 Å². The second kappa shape index (κ2) is 10.3. The molecule has 0 aliphatic heterocycles. The zero-order valence-electron chi connectivity index (χ0n) is 20.0. The fraction of sp³-hybridized carbons (Fsp3) is 0.536. The number of rotatable bonds is 7. The molecule has 0 saturated heterocycles. The van der Waals surface area contributed by atoms with Crippen molar-refractivity contribution in [1.82, 2.24) is 5.32 Å². The van der Waals surface area contributed by atoms with E-state index in [9.17, 15) is 4.79 Å². The van der Waals surface area contributed by atoms with E-state index < -0.39 is 0 Å². The third-order valence-electron chi connectivity index (χ3n) is 6.70. The van der Waals surface area contributed by atoms with Gasteiger partial charge in [0.2, 0.25) is 5.91 Å². The van der Waals surface area contributed by atoms with Crippen molar-refractivity contribution in [3.05, 3.63) is 53.6 Å². The van der Waals surface area contributed by atoms with Crippen molar-refractivity contribution in [1.29, 1.82) is 0 Å². The molecule has 0 bridgehead atoms. The SMILES string of the molecule is CCc1cccc(-c2cc(OC3CCC(C(C)(C)C)CC3)ccc2CCNC(C)=O)c1. The minimum Gasteiger partial charge on any atom is -0.490 e. The number of hydrogen-bond donors (Lipinski definition) is 1. The lowest BCUT2D eigenvalue weighted by Gasteiger charge is -2.37. The molecule has 1 aliphatic rings. The Bertz CT molecular complexity index is 873. The number of carbonyl (C=O) groups is 1. The van der Waals surface area contributed by atoms with Crippen LogP contribution in [0.2, 0.25) is 0 Å². The lowest BCUT2D eigenvalue weighted by Crippen LogP contribution is -2.30. The first-order valence-corrected chi connectivity index (χ1v) is 11.9. The first kappa shape index (κ1) is 23.4. The molecule has 0 aromatic heterocycles. The minimum absolute atomic E-state index is 0.0142. The van der Waals surface area contributed by atoms with E-state index in [1.807, 2.05) is 0 Å². The van der Waals surface area contributed by atoms with E-state index in [1.54, 1.807) is 6.92 Å². The van der Waals surface area contributed by atoms with Crippen LogP contribution in [0.4, 0.5) is 0 Å². The highest BCUT2D eigenvalue weighted by molar-refractivity contribution is 5.73. The van der Waals surface area contributed by atoms with E-state index in [1.165, 1.54) is 35.1 Å². The first-order valence-electron chi connectivity index (χ1n) is 11.9. The highest BCUT2D eigenvalue weighted by Gasteiger charge is 2.30. The van der Waals surface area contributed by atoms with Crippen molar-refractivity contribution in [3.8, 4) is 16.9 Å². The molecule has 168 valence electrons. The monoisotopic (exact) mass is 421 g/mol. The Labute approximate surface area is 188 Å². The van der Waals surface area contributed by atoms with Crippen LogP contribution in [0, 0.1) is 11.3 Å². The summed E-state index contributed by atoms with van der Waals surface area (Å²) in [6, 6.07) is 15.2. The van der Waals surface area contributed by atoms with Gasteiger partial charge in [0.25, 0.3) is 0 Å². The van der Waals surface area contributed by atoms with Crippen LogP contribution in [0.15, 0.2) is 42.5 Å². The molecule has 1 saturated carbocycles. The van der Waals surface area contributed by atoms with Gasteiger partial charge >= 0.3 is 0 Å². The lowest BCUT2D eigenvalue weighted by molar-refractivity contribution is -0.118. The maximum Gasteiger partial charge on any atom is 0.216 e. The van der Waals surface area contributed by atoms with Crippen LogP contribution in [-0.4, -0.2) is 18.6 Å². The van der Waals surface area contributed by atoms with Crippen LogP contribution in [0.3, 0.4) is 0 Å². The van der Waals surface area contributed by atoms with Gasteiger partial charge in [0.05, 0.1) is 6.10 Å². The number of amides is 1. The maximum atomic E-state index is 11.3. The number of aryl methyl sites for hydroxylation is 1. The van der Waals surface area contributed by atoms with Crippen LogP contribution >= 0.6 is 0 Å². The molecular weight excluding hydrogens is 382 g/mol.